The lowest BCUT2D eigenvalue weighted by atomic mass is 10.00. The summed E-state index contributed by atoms with van der Waals surface area (Å²) in [4.78, 5) is 13.0. The molecule has 0 aromatic heterocycles. The molecule has 0 spiro atoms. The molecule has 1 saturated heterocycles. The van der Waals surface area contributed by atoms with Crippen LogP contribution < -0.4 is 0 Å². The molecular weight excluding hydrogens is 226 g/mol. The van der Waals surface area contributed by atoms with Gasteiger partial charge in [-0.3, -0.25) is 9.69 Å². The molecule has 1 aromatic rings. The minimum atomic E-state index is -0.721. The highest BCUT2D eigenvalue weighted by Crippen LogP contribution is 2.37. The van der Waals surface area contributed by atoms with Gasteiger partial charge in [0, 0.05) is 17.6 Å². The van der Waals surface area contributed by atoms with E-state index in [-0.39, 0.29) is 12.0 Å². The summed E-state index contributed by atoms with van der Waals surface area (Å²) >= 11 is 6.12. The number of hydrogen-bond donors (Lipinski definition) is 1. The van der Waals surface area contributed by atoms with Crippen molar-refractivity contribution in [3.05, 3.63) is 34.9 Å². The lowest BCUT2D eigenvalue weighted by molar-refractivity contribution is -0.141. The number of halogens is 1. The SMILES string of the molecule is CN1C[C@@H](C(=O)O)C[C@H]1c1ccccc1Cl. The minimum absolute atomic E-state index is 0.120. The highest BCUT2D eigenvalue weighted by atomic mass is 35.5. The zero-order chi connectivity index (χ0) is 11.7. The first-order valence-electron chi connectivity index (χ1n) is 5.27. The lowest BCUT2D eigenvalue weighted by Crippen LogP contribution is -2.20. The highest BCUT2D eigenvalue weighted by Gasteiger charge is 2.35. The molecule has 4 heteroatoms. The second-order valence-electron chi connectivity index (χ2n) is 4.25. The van der Waals surface area contributed by atoms with Gasteiger partial charge in [-0.15, -0.1) is 0 Å². The number of carboxylic acids is 1. The molecular formula is C12H14ClNO2. The van der Waals surface area contributed by atoms with Crippen LogP contribution in [0.3, 0.4) is 0 Å². The molecule has 86 valence electrons. The van der Waals surface area contributed by atoms with Crippen LogP contribution >= 0.6 is 11.6 Å². The van der Waals surface area contributed by atoms with Gasteiger partial charge in [-0.25, -0.2) is 0 Å². The number of hydrogen-bond acceptors (Lipinski definition) is 2. The van der Waals surface area contributed by atoms with E-state index in [0.717, 1.165) is 5.56 Å². The molecule has 0 saturated carbocycles. The number of aliphatic carboxylic acids is 1. The van der Waals surface area contributed by atoms with Crippen LogP contribution in [0.15, 0.2) is 24.3 Å². The van der Waals surface area contributed by atoms with Crippen LogP contribution in [0.5, 0.6) is 0 Å². The zero-order valence-electron chi connectivity index (χ0n) is 9.06. The van der Waals surface area contributed by atoms with Crippen molar-refractivity contribution in [2.45, 2.75) is 12.5 Å². The minimum Gasteiger partial charge on any atom is -0.481 e. The van der Waals surface area contributed by atoms with Crippen LogP contribution in [0.4, 0.5) is 0 Å². The quantitative estimate of drug-likeness (QED) is 0.862. The molecule has 2 atom stereocenters. The van der Waals surface area contributed by atoms with Crippen LogP contribution in [0, 0.1) is 5.92 Å². The molecule has 1 aliphatic heterocycles. The third-order valence-electron chi connectivity index (χ3n) is 3.16. The predicted molar refractivity (Wildman–Crippen MR) is 62.6 cm³/mol. The Kier molecular flexibility index (Phi) is 3.17. The molecule has 1 N–H and O–H groups in total. The third-order valence-corrected chi connectivity index (χ3v) is 3.51. The van der Waals surface area contributed by atoms with E-state index < -0.39 is 5.97 Å². The molecule has 1 aliphatic rings. The molecule has 1 fully saturated rings. The summed E-state index contributed by atoms with van der Waals surface area (Å²) in [7, 11) is 1.94. The molecule has 0 amide bonds. The summed E-state index contributed by atoms with van der Waals surface area (Å²) in [5, 5.41) is 9.72. The van der Waals surface area contributed by atoms with Crippen LogP contribution in [0.1, 0.15) is 18.0 Å². The average Bonchev–Trinajstić information content (AvgIpc) is 2.61. The van der Waals surface area contributed by atoms with Gasteiger partial charge in [0.2, 0.25) is 0 Å². The molecule has 1 aromatic carbocycles. The van der Waals surface area contributed by atoms with Crippen LogP contribution in [-0.4, -0.2) is 29.6 Å². The lowest BCUT2D eigenvalue weighted by Gasteiger charge is -2.20. The number of rotatable bonds is 2. The van der Waals surface area contributed by atoms with Crippen LogP contribution in [-0.2, 0) is 4.79 Å². The second-order valence-corrected chi connectivity index (χ2v) is 4.65. The topological polar surface area (TPSA) is 40.5 Å². The van der Waals surface area contributed by atoms with Gasteiger partial charge in [-0.1, -0.05) is 29.8 Å². The number of likely N-dealkylation sites (tertiary alicyclic amines) is 1. The maximum atomic E-state index is 10.9. The Labute approximate surface area is 99.6 Å². The molecule has 1 heterocycles. The van der Waals surface area contributed by atoms with Gasteiger partial charge in [0.1, 0.15) is 0 Å². The fourth-order valence-electron chi connectivity index (χ4n) is 2.29. The first-order chi connectivity index (χ1) is 7.59. The van der Waals surface area contributed by atoms with E-state index >= 15 is 0 Å². The van der Waals surface area contributed by atoms with Crippen molar-refractivity contribution < 1.29 is 9.90 Å². The monoisotopic (exact) mass is 239 g/mol. The molecule has 0 radical (unpaired) electrons. The predicted octanol–water partition coefficient (Wildman–Crippen LogP) is 2.42. The zero-order valence-corrected chi connectivity index (χ0v) is 9.81. The summed E-state index contributed by atoms with van der Waals surface area (Å²) in [5.74, 6) is -1.01. The Morgan fingerprint density at radius 3 is 2.75 bits per heavy atom. The van der Waals surface area contributed by atoms with Crippen molar-refractivity contribution in [1.29, 1.82) is 0 Å². The van der Waals surface area contributed by atoms with E-state index in [1.807, 2.05) is 31.3 Å². The number of nitrogens with zero attached hydrogens (tertiary/aromatic N) is 1. The summed E-state index contributed by atoms with van der Waals surface area (Å²) in [5.41, 5.74) is 1.02. The van der Waals surface area contributed by atoms with Gasteiger partial charge in [-0.2, -0.15) is 0 Å². The molecule has 0 aliphatic carbocycles. The Hall–Kier alpha value is -1.06. The summed E-state index contributed by atoms with van der Waals surface area (Å²) in [6.07, 6.45) is 0.634. The first-order valence-corrected chi connectivity index (χ1v) is 5.65. The largest absolute Gasteiger partial charge is 0.481 e. The maximum Gasteiger partial charge on any atom is 0.307 e. The number of benzene rings is 1. The Bertz CT molecular complexity index is 408. The summed E-state index contributed by atoms with van der Waals surface area (Å²) < 4.78 is 0. The van der Waals surface area contributed by atoms with E-state index in [2.05, 4.69) is 4.90 Å². The van der Waals surface area contributed by atoms with E-state index in [4.69, 9.17) is 16.7 Å². The fraction of sp³-hybridized carbons (Fsp3) is 0.417. The van der Waals surface area contributed by atoms with Crippen molar-refractivity contribution in [2.24, 2.45) is 5.92 Å². The van der Waals surface area contributed by atoms with Gasteiger partial charge >= 0.3 is 5.97 Å². The van der Waals surface area contributed by atoms with E-state index in [1.54, 1.807) is 0 Å². The molecule has 16 heavy (non-hydrogen) atoms. The molecule has 0 unspecified atom stereocenters. The second kappa shape index (κ2) is 4.44. The normalized spacial score (nSPS) is 25.9. The smallest absolute Gasteiger partial charge is 0.307 e. The summed E-state index contributed by atoms with van der Waals surface area (Å²) in [6.45, 7) is 0.589. The molecule has 3 nitrogen and oxygen atoms in total. The molecule has 0 bridgehead atoms. The first kappa shape index (κ1) is 11.4. The molecule has 2 rings (SSSR count). The number of carbonyl (C=O) groups is 1. The fourth-order valence-corrected chi connectivity index (χ4v) is 2.55. The van der Waals surface area contributed by atoms with Crippen molar-refractivity contribution in [3.63, 3.8) is 0 Å². The van der Waals surface area contributed by atoms with Gasteiger partial charge in [0.05, 0.1) is 5.92 Å². The Morgan fingerprint density at radius 1 is 1.50 bits per heavy atom. The van der Waals surface area contributed by atoms with Crippen molar-refractivity contribution in [1.82, 2.24) is 4.90 Å². The van der Waals surface area contributed by atoms with Gasteiger partial charge in [-0.05, 0) is 25.1 Å². The standard InChI is InChI=1S/C12H14ClNO2/c1-14-7-8(12(15)16)6-11(14)9-4-2-3-5-10(9)13/h2-5,8,11H,6-7H2,1H3,(H,15,16)/t8-,11-/m0/s1. The Morgan fingerprint density at radius 2 is 2.19 bits per heavy atom. The van der Waals surface area contributed by atoms with E-state index in [9.17, 15) is 4.79 Å². The number of carboxylic acid groups (broad SMARTS) is 1. The van der Waals surface area contributed by atoms with Gasteiger partial charge in [0.25, 0.3) is 0 Å². The Balaban J connectivity index is 2.23. The third kappa shape index (κ3) is 2.06. The summed E-state index contributed by atoms with van der Waals surface area (Å²) in [6, 6.07) is 7.75. The van der Waals surface area contributed by atoms with Gasteiger partial charge < -0.3 is 5.11 Å². The van der Waals surface area contributed by atoms with E-state index in [0.29, 0.717) is 18.0 Å². The highest BCUT2D eigenvalue weighted by molar-refractivity contribution is 6.31. The van der Waals surface area contributed by atoms with Gasteiger partial charge in [0.15, 0.2) is 0 Å². The average molecular weight is 240 g/mol. The van der Waals surface area contributed by atoms with Crippen LogP contribution in [0.2, 0.25) is 5.02 Å². The maximum absolute atomic E-state index is 10.9. The van der Waals surface area contributed by atoms with Crippen molar-refractivity contribution in [3.8, 4) is 0 Å². The van der Waals surface area contributed by atoms with Crippen molar-refractivity contribution >= 4 is 17.6 Å². The van der Waals surface area contributed by atoms with Crippen LogP contribution in [0.25, 0.3) is 0 Å². The van der Waals surface area contributed by atoms with E-state index in [1.165, 1.54) is 0 Å². The van der Waals surface area contributed by atoms with Crippen molar-refractivity contribution in [2.75, 3.05) is 13.6 Å².